The van der Waals surface area contributed by atoms with E-state index in [0.29, 0.717) is 11.4 Å². The monoisotopic (exact) mass is 421 g/mol. The van der Waals surface area contributed by atoms with Crippen LogP contribution in [0.3, 0.4) is 0 Å². The van der Waals surface area contributed by atoms with Crippen molar-refractivity contribution in [3.63, 3.8) is 0 Å². The molecule has 1 aliphatic rings. The van der Waals surface area contributed by atoms with Gasteiger partial charge in [-0.15, -0.1) is 0 Å². The van der Waals surface area contributed by atoms with Gasteiger partial charge in [-0.05, 0) is 47.4 Å². The Morgan fingerprint density at radius 2 is 1.52 bits per heavy atom. The van der Waals surface area contributed by atoms with Crippen molar-refractivity contribution in [3.05, 3.63) is 77.9 Å². The molecule has 3 aromatic carbocycles. The average Bonchev–Trinajstić information content (AvgIpc) is 3.13. The molecule has 0 fully saturated rings. The van der Waals surface area contributed by atoms with Gasteiger partial charge >= 0.3 is 0 Å². The molecule has 1 heterocycles. The molecule has 0 saturated heterocycles. The first-order valence-corrected chi connectivity index (χ1v) is 14.9. The van der Waals surface area contributed by atoms with E-state index in [1.165, 1.54) is 5.19 Å². The number of nitrogens with zero attached hydrogens (tertiary/aromatic N) is 1. The van der Waals surface area contributed by atoms with Gasteiger partial charge in [0, 0.05) is 6.54 Å². The molecule has 5 heteroatoms. The summed E-state index contributed by atoms with van der Waals surface area (Å²) in [6.45, 7) is 9.29. The van der Waals surface area contributed by atoms with E-state index in [-0.39, 0.29) is 0 Å². The molecule has 3 nitrogen and oxygen atoms in total. The fraction of sp³-hybridized carbons (Fsp3) is 0.250. The van der Waals surface area contributed by atoms with Crippen LogP contribution in [0, 0.1) is 6.92 Å². The predicted molar refractivity (Wildman–Crippen MR) is 124 cm³/mol. The second-order valence-electron chi connectivity index (χ2n) is 8.74. The molecule has 0 bridgehead atoms. The molecular weight excluding hydrogens is 394 g/mol. The first-order valence-electron chi connectivity index (χ1n) is 10.0. The number of rotatable bonds is 4. The van der Waals surface area contributed by atoms with Crippen LogP contribution in [0.4, 0.5) is 5.69 Å². The Morgan fingerprint density at radius 3 is 2.14 bits per heavy atom. The molecule has 4 rings (SSSR count). The third kappa shape index (κ3) is 3.53. The van der Waals surface area contributed by atoms with Crippen LogP contribution in [0.5, 0.6) is 0 Å². The van der Waals surface area contributed by atoms with E-state index >= 15 is 0 Å². The highest BCUT2D eigenvalue weighted by Crippen LogP contribution is 2.39. The lowest BCUT2D eigenvalue weighted by Crippen LogP contribution is -2.43. The molecular formula is C24H27NO2SSi. The van der Waals surface area contributed by atoms with E-state index in [4.69, 9.17) is 0 Å². The van der Waals surface area contributed by atoms with E-state index in [2.05, 4.69) is 43.9 Å². The van der Waals surface area contributed by atoms with Gasteiger partial charge in [-0.3, -0.25) is 4.31 Å². The Kier molecular flexibility index (Phi) is 4.91. The quantitative estimate of drug-likeness (QED) is 0.559. The lowest BCUT2D eigenvalue weighted by Gasteiger charge is -2.28. The lowest BCUT2D eigenvalue weighted by molar-refractivity contribution is 0.592. The summed E-state index contributed by atoms with van der Waals surface area (Å²) < 4.78 is 28.8. The topological polar surface area (TPSA) is 37.4 Å². The number of hydrogen-bond acceptors (Lipinski definition) is 2. The van der Waals surface area contributed by atoms with Crippen LogP contribution in [0.15, 0.2) is 71.6 Å². The minimum absolute atomic E-state index is 0.364. The molecule has 0 aromatic heterocycles. The minimum Gasteiger partial charge on any atom is -0.266 e. The van der Waals surface area contributed by atoms with E-state index in [1.807, 2.05) is 37.3 Å². The number of anilines is 1. The van der Waals surface area contributed by atoms with Crippen LogP contribution in [0.25, 0.3) is 11.1 Å². The second-order valence-corrected chi connectivity index (χ2v) is 15.6. The summed E-state index contributed by atoms with van der Waals surface area (Å²) in [7, 11) is -5.35. The van der Waals surface area contributed by atoms with E-state index in [1.54, 1.807) is 16.4 Å². The Labute approximate surface area is 175 Å². The van der Waals surface area contributed by atoms with E-state index < -0.39 is 18.1 Å². The summed E-state index contributed by atoms with van der Waals surface area (Å²) >= 11 is 0. The maximum Gasteiger partial charge on any atom is 0.264 e. The number of sulfonamides is 1. The van der Waals surface area contributed by atoms with Crippen molar-refractivity contribution in [2.45, 2.75) is 37.9 Å². The van der Waals surface area contributed by atoms with Crippen molar-refractivity contribution in [1.29, 1.82) is 0 Å². The molecule has 0 radical (unpaired) electrons. The third-order valence-corrected chi connectivity index (χ3v) is 9.43. The highest BCUT2D eigenvalue weighted by Gasteiger charge is 2.37. The zero-order chi connectivity index (χ0) is 20.8. The minimum atomic E-state index is -3.60. The third-order valence-electron chi connectivity index (χ3n) is 5.60. The van der Waals surface area contributed by atoms with Crippen LogP contribution in [-0.2, 0) is 16.4 Å². The highest BCUT2D eigenvalue weighted by atomic mass is 32.2. The molecule has 1 aliphatic heterocycles. The van der Waals surface area contributed by atoms with Gasteiger partial charge in [0.2, 0.25) is 0 Å². The van der Waals surface area contributed by atoms with Crippen LogP contribution < -0.4 is 9.49 Å². The maximum absolute atomic E-state index is 13.6. The molecule has 150 valence electrons. The standard InChI is InChI=1S/C24H27NO2SSi/c1-18-10-12-20(13-11-18)28(26,27)25-17-16-22-21(19-8-6-5-7-9-19)14-15-23(24(22)25)29(2,3)4/h5-15H,16-17H2,1-4H3. The predicted octanol–water partition coefficient (Wildman–Crippen LogP) is 4.96. The summed E-state index contributed by atoms with van der Waals surface area (Å²) in [6, 6.07) is 21.8. The zero-order valence-electron chi connectivity index (χ0n) is 17.4. The molecule has 29 heavy (non-hydrogen) atoms. The zero-order valence-corrected chi connectivity index (χ0v) is 19.3. The molecule has 3 aromatic rings. The number of aryl methyl sites for hydroxylation is 1. The normalized spacial score (nSPS) is 14.1. The summed E-state index contributed by atoms with van der Waals surface area (Å²) in [4.78, 5) is 0.364. The molecule has 0 amide bonds. The number of fused-ring (bicyclic) bond motifs is 1. The van der Waals surface area contributed by atoms with Gasteiger partial charge in [0.25, 0.3) is 10.0 Å². The van der Waals surface area contributed by atoms with Crippen LogP contribution in [0.2, 0.25) is 19.6 Å². The summed E-state index contributed by atoms with van der Waals surface area (Å²) in [5.41, 5.74) is 5.42. The van der Waals surface area contributed by atoms with Gasteiger partial charge in [0.1, 0.15) is 0 Å². The Balaban J connectivity index is 1.93. The van der Waals surface area contributed by atoms with Gasteiger partial charge in [-0.25, -0.2) is 8.42 Å². The van der Waals surface area contributed by atoms with Crippen molar-refractivity contribution >= 4 is 29.0 Å². The van der Waals surface area contributed by atoms with Crippen molar-refractivity contribution in [1.82, 2.24) is 0 Å². The van der Waals surface area contributed by atoms with Crippen molar-refractivity contribution in [2.75, 3.05) is 10.8 Å². The molecule has 0 unspecified atom stereocenters. The lowest BCUT2D eigenvalue weighted by atomic mass is 9.98. The molecule has 0 aliphatic carbocycles. The van der Waals surface area contributed by atoms with Crippen LogP contribution >= 0.6 is 0 Å². The Morgan fingerprint density at radius 1 is 0.862 bits per heavy atom. The number of benzene rings is 3. The fourth-order valence-electron chi connectivity index (χ4n) is 4.07. The molecule has 0 spiro atoms. The SMILES string of the molecule is Cc1ccc(S(=O)(=O)N2CCc3c(-c4ccccc4)ccc([Si](C)(C)C)c32)cc1. The van der Waals surface area contributed by atoms with Gasteiger partial charge in [0.05, 0.1) is 18.7 Å². The molecule has 0 atom stereocenters. The highest BCUT2D eigenvalue weighted by molar-refractivity contribution is 7.92. The van der Waals surface area contributed by atoms with Crippen LogP contribution in [0.1, 0.15) is 11.1 Å². The number of hydrogen-bond donors (Lipinski definition) is 0. The van der Waals surface area contributed by atoms with Gasteiger partial charge in [-0.2, -0.15) is 0 Å². The summed E-state index contributed by atoms with van der Waals surface area (Å²) in [5.74, 6) is 0. The maximum atomic E-state index is 13.6. The Hall–Kier alpha value is -2.37. The Bertz CT molecular complexity index is 1150. The van der Waals surface area contributed by atoms with E-state index in [0.717, 1.165) is 34.4 Å². The largest absolute Gasteiger partial charge is 0.266 e. The molecule has 0 saturated carbocycles. The molecule has 0 N–H and O–H groups in total. The first-order chi connectivity index (χ1) is 13.7. The van der Waals surface area contributed by atoms with Gasteiger partial charge in [0.15, 0.2) is 0 Å². The van der Waals surface area contributed by atoms with Crippen molar-refractivity contribution in [2.24, 2.45) is 0 Å². The summed E-state index contributed by atoms with van der Waals surface area (Å²) in [5, 5.41) is 1.21. The van der Waals surface area contributed by atoms with Crippen molar-refractivity contribution in [3.8, 4) is 11.1 Å². The van der Waals surface area contributed by atoms with Crippen molar-refractivity contribution < 1.29 is 8.42 Å². The average molecular weight is 422 g/mol. The first kappa shape index (κ1) is 19.9. The smallest absolute Gasteiger partial charge is 0.264 e. The fourth-order valence-corrected chi connectivity index (χ4v) is 7.25. The summed E-state index contributed by atoms with van der Waals surface area (Å²) in [6.07, 6.45) is 0.739. The van der Waals surface area contributed by atoms with E-state index in [9.17, 15) is 8.42 Å². The van der Waals surface area contributed by atoms with Gasteiger partial charge < -0.3 is 0 Å². The second kappa shape index (κ2) is 7.15. The van der Waals surface area contributed by atoms with Gasteiger partial charge in [-0.1, -0.05) is 79.8 Å². The van der Waals surface area contributed by atoms with Crippen LogP contribution in [-0.4, -0.2) is 23.0 Å².